The van der Waals surface area contributed by atoms with Crippen molar-refractivity contribution in [3.05, 3.63) is 66.4 Å². The van der Waals surface area contributed by atoms with Gasteiger partial charge in [-0.3, -0.25) is 9.78 Å². The molecule has 168 valence electrons. The molecule has 0 bridgehead atoms. The third-order valence-corrected chi connectivity index (χ3v) is 7.28. The summed E-state index contributed by atoms with van der Waals surface area (Å²) in [5, 5.41) is 0.853. The number of nitrogens with zero attached hydrogens (tertiary/aromatic N) is 3. The molecule has 0 saturated carbocycles. The van der Waals surface area contributed by atoms with E-state index in [1.807, 2.05) is 12.1 Å². The number of hydrogen-bond donors (Lipinski definition) is 0. The number of benzene rings is 2. The van der Waals surface area contributed by atoms with Crippen molar-refractivity contribution in [2.24, 2.45) is 0 Å². The molecule has 0 spiro atoms. The molecule has 10 heteroatoms. The number of halogens is 2. The van der Waals surface area contributed by atoms with Crippen LogP contribution >= 0.6 is 0 Å². The summed E-state index contributed by atoms with van der Waals surface area (Å²) in [6.45, 7) is -0.749. The Morgan fingerprint density at radius 1 is 1.09 bits per heavy atom. The smallest absolute Gasteiger partial charge is 0.387 e. The van der Waals surface area contributed by atoms with Crippen LogP contribution in [0, 0.1) is 0 Å². The summed E-state index contributed by atoms with van der Waals surface area (Å²) >= 11 is 0. The second-order valence-electron chi connectivity index (χ2n) is 7.44. The molecule has 32 heavy (non-hydrogen) atoms. The number of ether oxygens (including phenoxy) is 1. The molecule has 1 fully saturated rings. The molecular weight excluding hydrogens is 440 g/mol. The molecule has 1 aliphatic rings. The van der Waals surface area contributed by atoms with Gasteiger partial charge in [-0.05, 0) is 43.3 Å². The van der Waals surface area contributed by atoms with Crippen molar-refractivity contribution in [1.29, 1.82) is 0 Å². The quantitative estimate of drug-likeness (QED) is 0.582. The van der Waals surface area contributed by atoms with Gasteiger partial charge >= 0.3 is 6.61 Å². The van der Waals surface area contributed by atoms with Gasteiger partial charge in [-0.15, -0.1) is 0 Å². The van der Waals surface area contributed by atoms with Gasteiger partial charge in [-0.25, -0.2) is 8.42 Å². The lowest BCUT2D eigenvalue weighted by molar-refractivity contribution is -0.0498. The van der Waals surface area contributed by atoms with E-state index in [1.165, 1.54) is 28.6 Å². The Morgan fingerprint density at radius 2 is 1.81 bits per heavy atom. The number of rotatable bonds is 5. The van der Waals surface area contributed by atoms with Crippen molar-refractivity contribution in [1.82, 2.24) is 14.2 Å². The first-order valence-electron chi connectivity index (χ1n) is 9.97. The highest BCUT2D eigenvalue weighted by Crippen LogP contribution is 2.25. The molecule has 2 aromatic carbocycles. The molecular formula is C22H21F2N3O4S. The normalized spacial score (nSPS) is 17.6. The lowest BCUT2D eigenvalue weighted by atomic mass is 10.1. The largest absolute Gasteiger partial charge is 0.435 e. The van der Waals surface area contributed by atoms with E-state index in [-0.39, 0.29) is 42.2 Å². The lowest BCUT2D eigenvalue weighted by Crippen LogP contribution is -2.55. The van der Waals surface area contributed by atoms with Crippen LogP contribution in [-0.2, 0) is 10.0 Å². The number of carbonyl (C=O) groups is 1. The maximum atomic E-state index is 13.2. The zero-order chi connectivity index (χ0) is 22.9. The average Bonchev–Trinajstić information content (AvgIpc) is 2.78. The van der Waals surface area contributed by atoms with E-state index in [0.29, 0.717) is 11.1 Å². The van der Waals surface area contributed by atoms with E-state index in [2.05, 4.69) is 9.72 Å². The monoisotopic (exact) mass is 461 g/mol. The molecule has 1 aliphatic heterocycles. The highest BCUT2D eigenvalue weighted by Gasteiger charge is 2.35. The highest BCUT2D eigenvalue weighted by molar-refractivity contribution is 7.89. The summed E-state index contributed by atoms with van der Waals surface area (Å²) in [5.41, 5.74) is 1.08. The first-order valence-corrected chi connectivity index (χ1v) is 11.4. The SMILES string of the molecule is C[C@H]1CN(S(=O)(=O)c2ccc(OC(F)F)cc2)CCN1C(=O)c1cccc2cccnc12. The summed E-state index contributed by atoms with van der Waals surface area (Å²) in [7, 11) is -3.85. The van der Waals surface area contributed by atoms with Crippen molar-refractivity contribution in [2.75, 3.05) is 19.6 Å². The average molecular weight is 461 g/mol. The fourth-order valence-electron chi connectivity index (χ4n) is 3.82. The Morgan fingerprint density at radius 3 is 2.50 bits per heavy atom. The zero-order valence-corrected chi connectivity index (χ0v) is 18.0. The molecule has 2 heterocycles. The fourth-order valence-corrected chi connectivity index (χ4v) is 5.33. The summed E-state index contributed by atoms with van der Waals surface area (Å²) in [5.74, 6) is -0.321. The molecule has 7 nitrogen and oxygen atoms in total. The van der Waals surface area contributed by atoms with Gasteiger partial charge in [0.05, 0.1) is 16.0 Å². The Balaban J connectivity index is 1.51. The van der Waals surface area contributed by atoms with Gasteiger partial charge in [-0.2, -0.15) is 13.1 Å². The number of piperazine rings is 1. The van der Waals surface area contributed by atoms with Crippen LogP contribution in [0.1, 0.15) is 17.3 Å². The third kappa shape index (κ3) is 4.28. The van der Waals surface area contributed by atoms with Crippen molar-refractivity contribution in [3.63, 3.8) is 0 Å². The van der Waals surface area contributed by atoms with E-state index >= 15 is 0 Å². The van der Waals surface area contributed by atoms with Crippen LogP contribution in [0.5, 0.6) is 5.75 Å². The molecule has 0 unspecified atom stereocenters. The van der Waals surface area contributed by atoms with Gasteiger partial charge in [0.15, 0.2) is 0 Å². The molecule has 1 atom stereocenters. The van der Waals surface area contributed by atoms with Crippen LogP contribution in [0.3, 0.4) is 0 Å². The third-order valence-electron chi connectivity index (χ3n) is 5.40. The molecule has 1 saturated heterocycles. The van der Waals surface area contributed by atoms with Crippen molar-refractivity contribution >= 4 is 26.8 Å². The number of para-hydroxylation sites is 1. The Labute approximate surface area is 184 Å². The minimum Gasteiger partial charge on any atom is -0.435 e. The Bertz CT molecular complexity index is 1230. The molecule has 3 aromatic rings. The van der Waals surface area contributed by atoms with Crippen LogP contribution in [0.15, 0.2) is 65.7 Å². The second-order valence-corrected chi connectivity index (χ2v) is 9.38. The number of hydrogen-bond acceptors (Lipinski definition) is 5. The van der Waals surface area contributed by atoms with Crippen LogP contribution in [0.4, 0.5) is 8.78 Å². The first-order chi connectivity index (χ1) is 15.3. The summed E-state index contributed by atoms with van der Waals surface area (Å²) < 4.78 is 56.2. The summed E-state index contributed by atoms with van der Waals surface area (Å²) in [6.07, 6.45) is 1.63. The van der Waals surface area contributed by atoms with Gasteiger partial charge in [0, 0.05) is 37.3 Å². The fraction of sp³-hybridized carbons (Fsp3) is 0.273. The second kappa shape index (κ2) is 8.79. The number of amides is 1. The molecule has 0 radical (unpaired) electrons. The predicted octanol–water partition coefficient (Wildman–Crippen LogP) is 3.37. The number of aromatic nitrogens is 1. The first kappa shape index (κ1) is 22.1. The minimum atomic E-state index is -3.85. The minimum absolute atomic E-state index is 0.0238. The van der Waals surface area contributed by atoms with Crippen LogP contribution in [0.2, 0.25) is 0 Å². The number of fused-ring (bicyclic) bond motifs is 1. The number of alkyl halides is 2. The van der Waals surface area contributed by atoms with E-state index < -0.39 is 16.6 Å². The standard InChI is InChI=1S/C22H21F2N3O4S/c1-15-14-26(32(29,30)18-9-7-17(8-10-18)31-22(23)24)12-13-27(15)21(28)19-6-2-4-16-5-3-11-25-20(16)19/h2-11,15,22H,12-14H2,1H3/t15-/m0/s1. The van der Waals surface area contributed by atoms with Crippen LogP contribution < -0.4 is 4.74 Å². The molecule has 1 amide bonds. The predicted molar refractivity (Wildman–Crippen MR) is 114 cm³/mol. The van der Waals surface area contributed by atoms with Gasteiger partial charge in [-0.1, -0.05) is 18.2 Å². The van der Waals surface area contributed by atoms with Gasteiger partial charge in [0.25, 0.3) is 5.91 Å². The van der Waals surface area contributed by atoms with Gasteiger partial charge in [0.2, 0.25) is 10.0 Å². The van der Waals surface area contributed by atoms with Gasteiger partial charge < -0.3 is 9.64 Å². The lowest BCUT2D eigenvalue weighted by Gasteiger charge is -2.39. The Hall–Kier alpha value is -3.11. The van der Waals surface area contributed by atoms with E-state index in [9.17, 15) is 22.0 Å². The Kier molecular flexibility index (Phi) is 6.07. The van der Waals surface area contributed by atoms with Gasteiger partial charge in [0.1, 0.15) is 5.75 Å². The maximum absolute atomic E-state index is 13.2. The van der Waals surface area contributed by atoms with Crippen LogP contribution in [-0.4, -0.2) is 60.8 Å². The topological polar surface area (TPSA) is 79.8 Å². The number of carbonyl (C=O) groups excluding carboxylic acids is 1. The van der Waals surface area contributed by atoms with E-state index in [1.54, 1.807) is 36.2 Å². The van der Waals surface area contributed by atoms with Crippen molar-refractivity contribution in [3.8, 4) is 5.75 Å². The molecule has 1 aromatic heterocycles. The van der Waals surface area contributed by atoms with Crippen LogP contribution in [0.25, 0.3) is 10.9 Å². The summed E-state index contributed by atoms with van der Waals surface area (Å²) in [4.78, 5) is 19.2. The number of pyridine rings is 1. The van der Waals surface area contributed by atoms with E-state index in [4.69, 9.17) is 0 Å². The maximum Gasteiger partial charge on any atom is 0.387 e. The highest BCUT2D eigenvalue weighted by atomic mass is 32.2. The zero-order valence-electron chi connectivity index (χ0n) is 17.2. The van der Waals surface area contributed by atoms with Crippen molar-refractivity contribution in [2.45, 2.75) is 24.5 Å². The van der Waals surface area contributed by atoms with Crippen molar-refractivity contribution < 1.29 is 26.7 Å². The number of sulfonamides is 1. The molecule has 0 aliphatic carbocycles. The molecule has 4 rings (SSSR count). The summed E-state index contributed by atoms with van der Waals surface area (Å²) in [6, 6.07) is 13.6. The molecule has 0 N–H and O–H groups in total. The van der Waals surface area contributed by atoms with E-state index in [0.717, 1.165) is 5.39 Å².